The number of benzene rings is 1. The molecule has 0 bridgehead atoms. The van der Waals surface area contributed by atoms with Crippen LogP contribution in [0, 0.1) is 0 Å². The smallest absolute Gasteiger partial charge is 0.424 e. The number of aliphatic carboxylic acids is 1. The standard InChI is InChI=1S/C16H20N4O4/c1-10(17)6-12-8-20(9-19-12)16(23)24-13-4-2-11(3-5-13)7-14(18)15(21)22/h2-5,8-10,14H,6-7,17-18H2,1H3,(H,21,22)/t10-,14+/m1/s1. The van der Waals surface area contributed by atoms with Crippen LogP contribution in [0.5, 0.6) is 5.75 Å². The normalized spacial score (nSPS) is 13.3. The quantitative estimate of drug-likeness (QED) is 0.711. The Morgan fingerprint density at radius 2 is 1.92 bits per heavy atom. The van der Waals surface area contributed by atoms with Crippen molar-refractivity contribution in [3.8, 4) is 5.75 Å². The number of rotatable bonds is 6. The predicted molar refractivity (Wildman–Crippen MR) is 86.8 cm³/mol. The Hall–Kier alpha value is -2.71. The monoisotopic (exact) mass is 332 g/mol. The van der Waals surface area contributed by atoms with E-state index in [9.17, 15) is 9.59 Å². The molecule has 0 aliphatic rings. The van der Waals surface area contributed by atoms with Crippen molar-refractivity contribution in [3.63, 3.8) is 0 Å². The minimum absolute atomic E-state index is 0.0471. The van der Waals surface area contributed by atoms with E-state index >= 15 is 0 Å². The molecule has 0 saturated heterocycles. The van der Waals surface area contributed by atoms with Gasteiger partial charge in [0, 0.05) is 18.7 Å². The Bertz CT molecular complexity index is 709. The maximum absolute atomic E-state index is 12.0. The molecule has 0 fully saturated rings. The summed E-state index contributed by atoms with van der Waals surface area (Å²) in [4.78, 5) is 26.9. The minimum Gasteiger partial charge on any atom is -0.480 e. The van der Waals surface area contributed by atoms with Crippen molar-refractivity contribution in [1.82, 2.24) is 9.55 Å². The largest absolute Gasteiger partial charge is 0.480 e. The van der Waals surface area contributed by atoms with Crippen molar-refractivity contribution in [2.45, 2.75) is 31.8 Å². The average molecular weight is 332 g/mol. The van der Waals surface area contributed by atoms with Gasteiger partial charge in [-0.15, -0.1) is 0 Å². The van der Waals surface area contributed by atoms with Crippen LogP contribution in [0.2, 0.25) is 0 Å². The molecular formula is C16H20N4O4. The average Bonchev–Trinajstić information content (AvgIpc) is 2.97. The Labute approximate surface area is 139 Å². The Morgan fingerprint density at radius 1 is 1.25 bits per heavy atom. The molecule has 0 aliphatic carbocycles. The number of hydrogen-bond acceptors (Lipinski definition) is 6. The van der Waals surface area contributed by atoms with Crippen LogP contribution >= 0.6 is 0 Å². The number of carbonyl (C=O) groups excluding carboxylic acids is 1. The van der Waals surface area contributed by atoms with Gasteiger partial charge in [0.2, 0.25) is 0 Å². The van der Waals surface area contributed by atoms with Gasteiger partial charge in [-0.2, -0.15) is 0 Å². The van der Waals surface area contributed by atoms with Crippen LogP contribution in [0.4, 0.5) is 4.79 Å². The van der Waals surface area contributed by atoms with Gasteiger partial charge in [0.05, 0.1) is 5.69 Å². The molecule has 8 nitrogen and oxygen atoms in total. The second-order valence-electron chi connectivity index (χ2n) is 5.61. The zero-order valence-corrected chi connectivity index (χ0v) is 13.3. The molecule has 0 saturated carbocycles. The van der Waals surface area contributed by atoms with E-state index < -0.39 is 18.1 Å². The van der Waals surface area contributed by atoms with Gasteiger partial charge in [0.1, 0.15) is 18.1 Å². The summed E-state index contributed by atoms with van der Waals surface area (Å²) in [6.45, 7) is 1.86. The van der Waals surface area contributed by atoms with Crippen LogP contribution in [-0.4, -0.2) is 38.8 Å². The third kappa shape index (κ3) is 4.90. The number of carboxylic acids is 1. The first-order valence-corrected chi connectivity index (χ1v) is 7.43. The van der Waals surface area contributed by atoms with Gasteiger partial charge >= 0.3 is 12.1 Å². The highest BCUT2D eigenvalue weighted by atomic mass is 16.6. The number of aromatic nitrogens is 2. The number of nitrogens with zero attached hydrogens (tertiary/aromatic N) is 2. The first kappa shape index (κ1) is 17.6. The lowest BCUT2D eigenvalue weighted by atomic mass is 10.1. The second kappa shape index (κ2) is 7.71. The molecule has 2 aromatic rings. The molecule has 1 aromatic carbocycles. The van der Waals surface area contributed by atoms with E-state index in [0.29, 0.717) is 17.9 Å². The van der Waals surface area contributed by atoms with E-state index in [0.717, 1.165) is 5.56 Å². The molecule has 1 heterocycles. The summed E-state index contributed by atoms with van der Waals surface area (Å²) < 4.78 is 6.47. The molecular weight excluding hydrogens is 312 g/mol. The molecule has 8 heteroatoms. The maximum Gasteiger partial charge on any atom is 0.424 e. The van der Waals surface area contributed by atoms with Gasteiger partial charge in [-0.25, -0.2) is 14.3 Å². The van der Waals surface area contributed by atoms with Gasteiger partial charge in [-0.05, 0) is 31.0 Å². The predicted octanol–water partition coefficient (Wildman–Crippen LogP) is 0.774. The highest BCUT2D eigenvalue weighted by Gasteiger charge is 2.13. The molecule has 2 atom stereocenters. The minimum atomic E-state index is -1.06. The molecule has 24 heavy (non-hydrogen) atoms. The summed E-state index contributed by atoms with van der Waals surface area (Å²) in [5, 5.41) is 8.79. The summed E-state index contributed by atoms with van der Waals surface area (Å²) in [5.41, 5.74) is 12.6. The van der Waals surface area contributed by atoms with Gasteiger partial charge in [0.25, 0.3) is 0 Å². The third-order valence-corrected chi connectivity index (χ3v) is 3.28. The van der Waals surface area contributed by atoms with E-state index in [4.69, 9.17) is 21.3 Å². The molecule has 128 valence electrons. The highest BCUT2D eigenvalue weighted by molar-refractivity contribution is 5.74. The number of imidazole rings is 1. The van der Waals surface area contributed by atoms with Crippen molar-refractivity contribution in [2.75, 3.05) is 0 Å². The number of hydrogen-bond donors (Lipinski definition) is 3. The molecule has 0 amide bonds. The number of ether oxygens (including phenoxy) is 1. The molecule has 0 aliphatic heterocycles. The molecule has 0 radical (unpaired) electrons. The Morgan fingerprint density at radius 3 is 2.50 bits per heavy atom. The fourth-order valence-corrected chi connectivity index (χ4v) is 2.09. The first-order chi connectivity index (χ1) is 11.3. The van der Waals surface area contributed by atoms with Crippen LogP contribution in [0.25, 0.3) is 0 Å². The molecule has 0 spiro atoms. The lowest BCUT2D eigenvalue weighted by molar-refractivity contribution is -0.138. The van der Waals surface area contributed by atoms with Crippen LogP contribution in [-0.2, 0) is 17.6 Å². The van der Waals surface area contributed by atoms with Gasteiger partial charge in [0.15, 0.2) is 0 Å². The maximum atomic E-state index is 12.0. The van der Waals surface area contributed by atoms with E-state index in [1.54, 1.807) is 30.5 Å². The summed E-state index contributed by atoms with van der Waals surface area (Å²) >= 11 is 0. The topological polar surface area (TPSA) is 133 Å². The number of carboxylic acid groups (broad SMARTS) is 1. The fraction of sp³-hybridized carbons (Fsp3) is 0.312. The van der Waals surface area contributed by atoms with E-state index in [-0.39, 0.29) is 12.5 Å². The number of carbonyl (C=O) groups is 2. The zero-order chi connectivity index (χ0) is 17.7. The highest BCUT2D eigenvalue weighted by Crippen LogP contribution is 2.14. The van der Waals surface area contributed by atoms with Gasteiger partial charge in [-0.1, -0.05) is 12.1 Å². The van der Waals surface area contributed by atoms with Gasteiger partial charge < -0.3 is 21.3 Å². The van der Waals surface area contributed by atoms with Crippen molar-refractivity contribution < 1.29 is 19.4 Å². The van der Waals surface area contributed by atoms with Crippen molar-refractivity contribution >= 4 is 12.1 Å². The Balaban J connectivity index is 1.96. The summed E-state index contributed by atoms with van der Waals surface area (Å²) in [6.07, 6.45) is 3.13. The van der Waals surface area contributed by atoms with Crippen LogP contribution in [0.1, 0.15) is 18.2 Å². The number of nitrogens with two attached hydrogens (primary N) is 2. The summed E-state index contributed by atoms with van der Waals surface area (Å²) in [6, 6.07) is 5.49. The van der Waals surface area contributed by atoms with Crippen LogP contribution in [0.15, 0.2) is 36.8 Å². The molecule has 5 N–H and O–H groups in total. The van der Waals surface area contributed by atoms with Crippen molar-refractivity contribution in [3.05, 3.63) is 48.0 Å². The van der Waals surface area contributed by atoms with Crippen molar-refractivity contribution in [1.29, 1.82) is 0 Å². The van der Waals surface area contributed by atoms with Gasteiger partial charge in [-0.3, -0.25) is 4.79 Å². The fourth-order valence-electron chi connectivity index (χ4n) is 2.09. The summed E-state index contributed by atoms with van der Waals surface area (Å²) in [5.74, 6) is -0.719. The zero-order valence-electron chi connectivity index (χ0n) is 13.3. The van der Waals surface area contributed by atoms with E-state index in [1.807, 2.05) is 6.92 Å². The summed E-state index contributed by atoms with van der Waals surface area (Å²) in [7, 11) is 0. The Kier molecular flexibility index (Phi) is 5.67. The van der Waals surface area contributed by atoms with E-state index in [1.165, 1.54) is 10.9 Å². The van der Waals surface area contributed by atoms with Crippen LogP contribution < -0.4 is 16.2 Å². The molecule has 1 aromatic heterocycles. The van der Waals surface area contributed by atoms with Crippen molar-refractivity contribution in [2.24, 2.45) is 11.5 Å². The third-order valence-electron chi connectivity index (χ3n) is 3.28. The lowest BCUT2D eigenvalue weighted by Crippen LogP contribution is -2.32. The second-order valence-corrected chi connectivity index (χ2v) is 5.61. The van der Waals surface area contributed by atoms with Crippen LogP contribution in [0.3, 0.4) is 0 Å². The molecule has 0 unspecified atom stereocenters. The lowest BCUT2D eigenvalue weighted by Gasteiger charge is -2.08. The first-order valence-electron chi connectivity index (χ1n) is 7.43. The SMILES string of the molecule is C[C@@H](N)Cc1cn(C(=O)Oc2ccc(C[C@H](N)C(=O)O)cc2)cn1. The van der Waals surface area contributed by atoms with E-state index in [2.05, 4.69) is 4.98 Å². The molecule has 2 rings (SSSR count).